The number of hydrogen-bond donors (Lipinski definition) is 2. The molecule has 1 aromatic carbocycles. The number of hydrazine groups is 1. The van der Waals surface area contributed by atoms with E-state index in [0.29, 0.717) is 5.92 Å². The summed E-state index contributed by atoms with van der Waals surface area (Å²) < 4.78 is 1.93. The number of rotatable bonds is 6. The minimum Gasteiger partial charge on any atom is -0.271 e. The van der Waals surface area contributed by atoms with Crippen LogP contribution in [0.25, 0.3) is 10.9 Å². The van der Waals surface area contributed by atoms with Crippen molar-refractivity contribution >= 4 is 10.9 Å². The van der Waals surface area contributed by atoms with Gasteiger partial charge in [-0.15, -0.1) is 0 Å². The van der Waals surface area contributed by atoms with E-state index < -0.39 is 0 Å². The Morgan fingerprint density at radius 3 is 2.58 bits per heavy atom. The third-order valence-corrected chi connectivity index (χ3v) is 4.04. The Morgan fingerprint density at radius 1 is 1.26 bits per heavy atom. The highest BCUT2D eigenvalue weighted by Crippen LogP contribution is 2.29. The highest BCUT2D eigenvalue weighted by Gasteiger charge is 2.20. The minimum absolute atomic E-state index is 0.121. The Bertz CT molecular complexity index is 528. The number of aromatic nitrogens is 2. The standard InChI is InChI=1S/C15H24N4/c1-4-11(5-2)10-13(17-16)15-12-8-6-7-9-14(12)19(3)18-15/h6-9,11,13,17H,4-5,10,16H2,1-3H3. The van der Waals surface area contributed by atoms with Crippen molar-refractivity contribution in [1.29, 1.82) is 0 Å². The van der Waals surface area contributed by atoms with Crippen LogP contribution in [0, 0.1) is 5.92 Å². The molecule has 0 saturated carbocycles. The number of nitrogens with zero attached hydrogens (tertiary/aromatic N) is 2. The molecule has 4 nitrogen and oxygen atoms in total. The smallest absolute Gasteiger partial charge is 0.0886 e. The number of benzene rings is 1. The zero-order valence-electron chi connectivity index (χ0n) is 12.1. The molecule has 0 aliphatic heterocycles. The molecule has 3 N–H and O–H groups in total. The van der Waals surface area contributed by atoms with Gasteiger partial charge >= 0.3 is 0 Å². The van der Waals surface area contributed by atoms with Gasteiger partial charge in [0.05, 0.1) is 17.3 Å². The maximum atomic E-state index is 5.76. The Kier molecular flexibility index (Phi) is 4.56. The van der Waals surface area contributed by atoms with Crippen LogP contribution < -0.4 is 11.3 Å². The topological polar surface area (TPSA) is 55.9 Å². The lowest BCUT2D eigenvalue weighted by Gasteiger charge is -2.20. The molecule has 1 aromatic heterocycles. The summed E-state index contributed by atoms with van der Waals surface area (Å²) >= 11 is 0. The molecule has 2 aromatic rings. The second-order valence-corrected chi connectivity index (χ2v) is 5.16. The number of nitrogens with two attached hydrogens (primary N) is 1. The maximum absolute atomic E-state index is 5.76. The fourth-order valence-electron chi connectivity index (χ4n) is 2.71. The van der Waals surface area contributed by atoms with E-state index in [1.54, 1.807) is 0 Å². The molecular formula is C15H24N4. The van der Waals surface area contributed by atoms with Crippen molar-refractivity contribution in [2.45, 2.75) is 39.2 Å². The molecule has 0 bridgehead atoms. The van der Waals surface area contributed by atoms with Crippen molar-refractivity contribution in [3.05, 3.63) is 30.0 Å². The number of para-hydroxylation sites is 1. The molecular weight excluding hydrogens is 236 g/mol. The summed E-state index contributed by atoms with van der Waals surface area (Å²) in [5.41, 5.74) is 5.16. The van der Waals surface area contributed by atoms with Crippen molar-refractivity contribution in [1.82, 2.24) is 15.2 Å². The summed E-state index contributed by atoms with van der Waals surface area (Å²) in [6.07, 6.45) is 3.39. The second kappa shape index (κ2) is 6.17. The first-order valence-electron chi connectivity index (χ1n) is 7.09. The molecule has 1 atom stereocenters. The lowest BCUT2D eigenvalue weighted by molar-refractivity contribution is 0.370. The molecule has 2 rings (SSSR count). The first-order chi connectivity index (χ1) is 9.21. The zero-order chi connectivity index (χ0) is 13.8. The first-order valence-corrected chi connectivity index (χ1v) is 7.09. The molecule has 0 aliphatic carbocycles. The van der Waals surface area contributed by atoms with Crippen molar-refractivity contribution < 1.29 is 0 Å². The third-order valence-electron chi connectivity index (χ3n) is 4.04. The zero-order valence-corrected chi connectivity index (χ0v) is 12.1. The highest BCUT2D eigenvalue weighted by atomic mass is 15.3. The summed E-state index contributed by atoms with van der Waals surface area (Å²) in [7, 11) is 1.98. The van der Waals surface area contributed by atoms with Crippen LogP contribution in [-0.2, 0) is 7.05 Å². The molecule has 104 valence electrons. The molecule has 4 heteroatoms. The van der Waals surface area contributed by atoms with Crippen LogP contribution in [0.2, 0.25) is 0 Å². The van der Waals surface area contributed by atoms with Crippen molar-refractivity contribution in [2.75, 3.05) is 0 Å². The van der Waals surface area contributed by atoms with Crippen LogP contribution in [0.3, 0.4) is 0 Å². The van der Waals surface area contributed by atoms with Gasteiger partial charge in [0.15, 0.2) is 0 Å². The van der Waals surface area contributed by atoms with Crippen LogP contribution in [-0.4, -0.2) is 9.78 Å². The lowest BCUT2D eigenvalue weighted by atomic mass is 9.93. The van der Waals surface area contributed by atoms with E-state index in [-0.39, 0.29) is 6.04 Å². The second-order valence-electron chi connectivity index (χ2n) is 5.16. The van der Waals surface area contributed by atoms with Crippen molar-refractivity contribution in [3.8, 4) is 0 Å². The van der Waals surface area contributed by atoms with E-state index in [9.17, 15) is 0 Å². The highest BCUT2D eigenvalue weighted by molar-refractivity contribution is 5.82. The quantitative estimate of drug-likeness (QED) is 0.620. The van der Waals surface area contributed by atoms with Gasteiger partial charge in [0.2, 0.25) is 0 Å². The molecule has 1 unspecified atom stereocenters. The van der Waals surface area contributed by atoms with Gasteiger partial charge in [0.1, 0.15) is 0 Å². The molecule has 0 fully saturated rings. The Hall–Kier alpha value is -1.39. The predicted octanol–water partition coefficient (Wildman–Crippen LogP) is 2.90. The monoisotopic (exact) mass is 260 g/mol. The van der Waals surface area contributed by atoms with Crippen molar-refractivity contribution in [3.63, 3.8) is 0 Å². The molecule has 0 radical (unpaired) electrons. The molecule has 0 spiro atoms. The van der Waals surface area contributed by atoms with Gasteiger partial charge in [-0.25, -0.2) is 0 Å². The average molecular weight is 260 g/mol. The van der Waals surface area contributed by atoms with E-state index in [1.165, 1.54) is 18.2 Å². The first kappa shape index (κ1) is 14.0. The van der Waals surface area contributed by atoms with Crippen molar-refractivity contribution in [2.24, 2.45) is 18.8 Å². The van der Waals surface area contributed by atoms with E-state index >= 15 is 0 Å². The molecule has 0 aliphatic rings. The Balaban J connectivity index is 2.35. The van der Waals surface area contributed by atoms with Gasteiger partial charge in [-0.2, -0.15) is 5.10 Å². The molecule has 0 saturated heterocycles. The fraction of sp³-hybridized carbons (Fsp3) is 0.533. The van der Waals surface area contributed by atoms with Gasteiger partial charge in [0, 0.05) is 12.4 Å². The van der Waals surface area contributed by atoms with Gasteiger partial charge < -0.3 is 0 Å². The average Bonchev–Trinajstić information content (AvgIpc) is 2.78. The Morgan fingerprint density at radius 2 is 1.95 bits per heavy atom. The molecule has 19 heavy (non-hydrogen) atoms. The third kappa shape index (κ3) is 2.80. The number of fused-ring (bicyclic) bond motifs is 1. The van der Waals surface area contributed by atoms with Crippen LogP contribution in [0.5, 0.6) is 0 Å². The number of hydrogen-bond acceptors (Lipinski definition) is 3. The normalized spacial score (nSPS) is 13.3. The summed E-state index contributed by atoms with van der Waals surface area (Å²) in [6, 6.07) is 8.43. The fourth-order valence-corrected chi connectivity index (χ4v) is 2.71. The van der Waals surface area contributed by atoms with Crippen LogP contribution in [0.4, 0.5) is 0 Å². The predicted molar refractivity (Wildman–Crippen MR) is 79.5 cm³/mol. The van der Waals surface area contributed by atoms with E-state index in [0.717, 1.165) is 17.6 Å². The largest absolute Gasteiger partial charge is 0.271 e. The summed E-state index contributed by atoms with van der Waals surface area (Å²) in [5, 5.41) is 5.85. The van der Waals surface area contributed by atoms with Gasteiger partial charge in [-0.05, 0) is 18.4 Å². The Labute approximate surface area is 114 Å². The van der Waals surface area contributed by atoms with Crippen LogP contribution in [0.15, 0.2) is 24.3 Å². The maximum Gasteiger partial charge on any atom is 0.0886 e. The van der Waals surface area contributed by atoms with Crippen LogP contribution in [0.1, 0.15) is 44.8 Å². The summed E-state index contributed by atoms with van der Waals surface area (Å²) in [4.78, 5) is 0. The van der Waals surface area contributed by atoms with Gasteiger partial charge in [-0.1, -0.05) is 44.9 Å². The minimum atomic E-state index is 0.121. The van der Waals surface area contributed by atoms with E-state index in [4.69, 9.17) is 5.84 Å². The summed E-state index contributed by atoms with van der Waals surface area (Å²) in [6.45, 7) is 4.47. The van der Waals surface area contributed by atoms with E-state index in [1.807, 2.05) is 17.8 Å². The van der Waals surface area contributed by atoms with Gasteiger partial charge in [-0.3, -0.25) is 16.0 Å². The lowest BCUT2D eigenvalue weighted by Crippen LogP contribution is -2.30. The van der Waals surface area contributed by atoms with Gasteiger partial charge in [0.25, 0.3) is 0 Å². The molecule has 0 amide bonds. The van der Waals surface area contributed by atoms with Crippen LogP contribution >= 0.6 is 0 Å². The summed E-state index contributed by atoms with van der Waals surface area (Å²) in [5.74, 6) is 6.45. The molecule has 1 heterocycles. The van der Waals surface area contributed by atoms with E-state index in [2.05, 4.69) is 42.6 Å². The SMILES string of the molecule is CCC(CC)CC(NN)c1nn(C)c2ccccc12. The number of nitrogens with one attached hydrogen (secondary N) is 1. The number of aryl methyl sites for hydroxylation is 1.